The molecule has 35 heavy (non-hydrogen) atoms. The summed E-state index contributed by atoms with van der Waals surface area (Å²) in [5, 5.41) is 0. The molecule has 0 saturated heterocycles. The van der Waals surface area contributed by atoms with E-state index in [1.54, 1.807) is 0 Å². The zero-order valence-corrected chi connectivity index (χ0v) is 21.1. The minimum Gasteiger partial charge on any atom is -0.482 e. The van der Waals surface area contributed by atoms with Crippen LogP contribution in [-0.4, -0.2) is 18.2 Å². The van der Waals surface area contributed by atoms with Gasteiger partial charge in [0.25, 0.3) is 0 Å². The molecule has 0 heterocycles. The Balaban J connectivity index is 1.12. The number of hydrogen-bond acceptors (Lipinski definition) is 3. The zero-order valence-electron chi connectivity index (χ0n) is 20.3. The van der Waals surface area contributed by atoms with Crippen LogP contribution in [0.15, 0.2) is 99.6 Å². The molecular formula is C31H33O3S+. The molecule has 0 aliphatic heterocycles. The van der Waals surface area contributed by atoms with Crippen LogP contribution in [0.25, 0.3) is 0 Å². The van der Waals surface area contributed by atoms with Gasteiger partial charge >= 0.3 is 5.97 Å². The fourth-order valence-corrected chi connectivity index (χ4v) is 9.44. The Labute approximate surface area is 211 Å². The number of carbonyl (C=O) groups excluding carboxylic acids is 1. The van der Waals surface area contributed by atoms with Crippen LogP contribution in [-0.2, 0) is 20.4 Å². The molecule has 3 aromatic carbocycles. The number of ether oxygens (including phenoxy) is 2. The van der Waals surface area contributed by atoms with E-state index in [0.29, 0.717) is 11.2 Å². The molecule has 0 radical (unpaired) electrons. The molecular weight excluding hydrogens is 452 g/mol. The number of esters is 1. The standard InChI is InChI=1S/C31H33O3S/c1-30-17-23-16-24(18-30)20-31(19-23,22-30)34-29(32)21-33-25-12-14-28(15-13-25)35(26-8-4-2-5-9-26)27-10-6-3-7-11-27/h2-15,23-24H,16-22H2,1H3/q+1. The first-order valence-electron chi connectivity index (χ1n) is 12.8. The molecule has 4 fully saturated rings. The van der Waals surface area contributed by atoms with Gasteiger partial charge in [-0.05, 0) is 104 Å². The lowest BCUT2D eigenvalue weighted by atomic mass is 9.48. The summed E-state index contributed by atoms with van der Waals surface area (Å²) in [5.41, 5.74) is 0.110. The highest BCUT2D eigenvalue weighted by Gasteiger charge is 2.57. The van der Waals surface area contributed by atoms with Crippen LogP contribution < -0.4 is 4.74 Å². The second kappa shape index (κ2) is 9.05. The summed E-state index contributed by atoms with van der Waals surface area (Å²) in [6.45, 7) is 2.36. The Kier molecular flexibility index (Phi) is 5.88. The van der Waals surface area contributed by atoms with Gasteiger partial charge in [-0.2, -0.15) is 0 Å². The van der Waals surface area contributed by atoms with Gasteiger partial charge in [0.15, 0.2) is 21.3 Å². The van der Waals surface area contributed by atoms with Crippen molar-refractivity contribution in [1.82, 2.24) is 0 Å². The molecule has 7 rings (SSSR count). The van der Waals surface area contributed by atoms with Crippen molar-refractivity contribution in [2.75, 3.05) is 6.61 Å². The quantitative estimate of drug-likeness (QED) is 0.265. The van der Waals surface area contributed by atoms with E-state index < -0.39 is 0 Å². The topological polar surface area (TPSA) is 35.5 Å². The SMILES string of the molecule is CC12CC3CC(C1)CC(OC(=O)COc1ccc([S+](c4ccccc4)c4ccccc4)cc1)(C3)C2. The van der Waals surface area contributed by atoms with Gasteiger partial charge in [-0.25, -0.2) is 4.79 Å². The summed E-state index contributed by atoms with van der Waals surface area (Å²) in [7, 11) is -0.195. The lowest BCUT2D eigenvalue weighted by Crippen LogP contribution is -2.56. The molecule has 3 aromatic rings. The van der Waals surface area contributed by atoms with Gasteiger partial charge in [0.1, 0.15) is 11.4 Å². The smallest absolute Gasteiger partial charge is 0.344 e. The normalized spacial score (nSPS) is 28.7. The molecule has 0 aromatic heterocycles. The predicted molar refractivity (Wildman–Crippen MR) is 139 cm³/mol. The summed E-state index contributed by atoms with van der Waals surface area (Å²) in [4.78, 5) is 16.6. The van der Waals surface area contributed by atoms with E-state index in [0.717, 1.165) is 31.1 Å². The third-order valence-corrected chi connectivity index (χ3v) is 10.2. The lowest BCUT2D eigenvalue weighted by molar-refractivity contribution is -0.200. The van der Waals surface area contributed by atoms with E-state index in [2.05, 4.69) is 79.7 Å². The van der Waals surface area contributed by atoms with Crippen LogP contribution in [0.5, 0.6) is 5.75 Å². The fraction of sp³-hybridized carbons (Fsp3) is 0.387. The number of benzene rings is 3. The third kappa shape index (κ3) is 4.73. The van der Waals surface area contributed by atoms with E-state index in [-0.39, 0.29) is 29.1 Å². The van der Waals surface area contributed by atoms with Gasteiger partial charge < -0.3 is 9.47 Å². The first-order chi connectivity index (χ1) is 17.0. The van der Waals surface area contributed by atoms with Crippen LogP contribution in [0.2, 0.25) is 0 Å². The first kappa shape index (κ1) is 22.7. The number of rotatable bonds is 7. The molecule has 3 nitrogen and oxygen atoms in total. The largest absolute Gasteiger partial charge is 0.482 e. The van der Waals surface area contributed by atoms with E-state index in [1.807, 2.05) is 12.1 Å². The molecule has 0 spiro atoms. The highest BCUT2D eigenvalue weighted by Crippen LogP contribution is 2.62. The van der Waals surface area contributed by atoms with Crippen LogP contribution in [0.3, 0.4) is 0 Å². The van der Waals surface area contributed by atoms with Crippen molar-refractivity contribution in [3.05, 3.63) is 84.9 Å². The number of carbonyl (C=O) groups is 1. The average molecular weight is 486 g/mol. The van der Waals surface area contributed by atoms with Crippen molar-refractivity contribution < 1.29 is 14.3 Å². The van der Waals surface area contributed by atoms with Crippen molar-refractivity contribution in [3.8, 4) is 5.75 Å². The fourth-order valence-electron chi connectivity index (χ4n) is 7.35. The van der Waals surface area contributed by atoms with Crippen molar-refractivity contribution in [1.29, 1.82) is 0 Å². The lowest BCUT2D eigenvalue weighted by Gasteiger charge is -2.60. The van der Waals surface area contributed by atoms with Crippen molar-refractivity contribution in [2.24, 2.45) is 17.3 Å². The molecule has 4 saturated carbocycles. The van der Waals surface area contributed by atoms with Crippen LogP contribution in [0.1, 0.15) is 45.4 Å². The van der Waals surface area contributed by atoms with E-state index in [4.69, 9.17) is 9.47 Å². The van der Waals surface area contributed by atoms with E-state index in [9.17, 15) is 4.79 Å². The zero-order chi connectivity index (χ0) is 23.9. The van der Waals surface area contributed by atoms with Gasteiger partial charge in [-0.1, -0.05) is 43.3 Å². The van der Waals surface area contributed by atoms with Crippen molar-refractivity contribution >= 4 is 16.9 Å². The molecule has 2 atom stereocenters. The molecule has 4 aliphatic carbocycles. The highest BCUT2D eigenvalue weighted by atomic mass is 32.2. The van der Waals surface area contributed by atoms with Gasteiger partial charge in [-0.15, -0.1) is 0 Å². The first-order valence-corrected chi connectivity index (χ1v) is 14.0. The van der Waals surface area contributed by atoms with Crippen LogP contribution in [0, 0.1) is 17.3 Å². The Morgan fingerprint density at radius 3 is 1.89 bits per heavy atom. The summed E-state index contributed by atoms with van der Waals surface area (Å²) in [6.07, 6.45) is 7.04. The second-order valence-electron chi connectivity index (χ2n) is 11.1. The summed E-state index contributed by atoms with van der Waals surface area (Å²) < 4.78 is 12.0. The van der Waals surface area contributed by atoms with Gasteiger partial charge in [0, 0.05) is 0 Å². The minimum absolute atomic E-state index is 0.0315. The van der Waals surface area contributed by atoms with Crippen molar-refractivity contribution in [2.45, 2.75) is 65.7 Å². The van der Waals surface area contributed by atoms with Gasteiger partial charge in [0.05, 0.1) is 10.9 Å². The van der Waals surface area contributed by atoms with Crippen molar-refractivity contribution in [3.63, 3.8) is 0 Å². The molecule has 4 heteroatoms. The van der Waals surface area contributed by atoms with Gasteiger partial charge in [-0.3, -0.25) is 0 Å². The highest BCUT2D eigenvalue weighted by molar-refractivity contribution is 7.97. The third-order valence-electron chi connectivity index (χ3n) is 8.00. The Morgan fingerprint density at radius 2 is 1.34 bits per heavy atom. The maximum absolute atomic E-state index is 12.8. The van der Waals surface area contributed by atoms with Crippen LogP contribution >= 0.6 is 0 Å². The minimum atomic E-state index is -0.247. The average Bonchev–Trinajstić information content (AvgIpc) is 2.83. The summed E-state index contributed by atoms with van der Waals surface area (Å²) in [6, 6.07) is 29.4. The Morgan fingerprint density at radius 1 is 0.800 bits per heavy atom. The molecule has 0 N–H and O–H groups in total. The molecule has 180 valence electrons. The predicted octanol–water partition coefficient (Wildman–Crippen LogP) is 7.06. The Bertz CT molecular complexity index is 1120. The summed E-state index contributed by atoms with van der Waals surface area (Å²) >= 11 is 0. The maximum Gasteiger partial charge on any atom is 0.344 e. The van der Waals surface area contributed by atoms with E-state index in [1.165, 1.54) is 33.9 Å². The maximum atomic E-state index is 12.8. The molecule has 4 bridgehead atoms. The monoisotopic (exact) mass is 485 g/mol. The molecule has 0 amide bonds. The second-order valence-corrected chi connectivity index (χ2v) is 13.1. The summed E-state index contributed by atoms with van der Waals surface area (Å²) in [5.74, 6) is 1.93. The number of hydrogen-bond donors (Lipinski definition) is 0. The van der Waals surface area contributed by atoms with Crippen LogP contribution in [0.4, 0.5) is 0 Å². The Hall–Kier alpha value is -2.72. The van der Waals surface area contributed by atoms with Gasteiger partial charge in [0.2, 0.25) is 0 Å². The molecule has 4 aliphatic rings. The van der Waals surface area contributed by atoms with E-state index >= 15 is 0 Å². The molecule has 2 unspecified atom stereocenters.